The molecule has 1 saturated carbocycles. The van der Waals surface area contributed by atoms with Crippen molar-refractivity contribution < 1.29 is 4.79 Å². The number of likely N-dealkylation sites (tertiary alicyclic amines) is 1. The molecule has 2 N–H and O–H groups in total. The van der Waals surface area contributed by atoms with Gasteiger partial charge in [0.15, 0.2) is 0 Å². The average molecular weight is 328 g/mol. The molecule has 1 aromatic heterocycles. The first kappa shape index (κ1) is 15.4. The molecule has 2 heterocycles. The van der Waals surface area contributed by atoms with E-state index >= 15 is 0 Å². The molecule has 1 aliphatic heterocycles. The van der Waals surface area contributed by atoms with Crippen LogP contribution in [0.3, 0.4) is 0 Å². The van der Waals surface area contributed by atoms with E-state index in [0.29, 0.717) is 24.8 Å². The summed E-state index contributed by atoms with van der Waals surface area (Å²) in [7, 11) is 1.77. The van der Waals surface area contributed by atoms with Crippen LogP contribution in [0.25, 0.3) is 11.0 Å². The highest BCUT2D eigenvalue weighted by molar-refractivity contribution is 5.78. The third kappa shape index (κ3) is 2.36. The van der Waals surface area contributed by atoms with E-state index in [1.165, 1.54) is 0 Å². The zero-order valence-electron chi connectivity index (χ0n) is 14.0. The maximum absolute atomic E-state index is 12.6. The number of benzene rings is 1. The van der Waals surface area contributed by atoms with Crippen molar-refractivity contribution in [2.75, 3.05) is 13.1 Å². The summed E-state index contributed by atoms with van der Waals surface area (Å²) in [6.45, 7) is 2.05. The quantitative estimate of drug-likeness (QED) is 0.911. The summed E-state index contributed by atoms with van der Waals surface area (Å²) in [5.74, 6) is 1.18. The van der Waals surface area contributed by atoms with Gasteiger partial charge in [0, 0.05) is 39.1 Å². The molecule has 2 aliphatic rings. The van der Waals surface area contributed by atoms with Gasteiger partial charge in [-0.1, -0.05) is 12.1 Å². The molecule has 1 aliphatic carbocycles. The minimum absolute atomic E-state index is 0.0655. The first-order valence-electron chi connectivity index (χ1n) is 8.74. The van der Waals surface area contributed by atoms with Crippen LogP contribution in [0, 0.1) is 11.8 Å². The SMILES string of the molecule is Cn1c(=O)n(CCC(=O)N2CC3CCC(N)C3C2)c2ccccc21. The zero-order valence-corrected chi connectivity index (χ0v) is 14.0. The van der Waals surface area contributed by atoms with Crippen LogP contribution in [0.2, 0.25) is 0 Å². The predicted molar refractivity (Wildman–Crippen MR) is 92.6 cm³/mol. The highest BCUT2D eigenvalue weighted by Crippen LogP contribution is 2.37. The van der Waals surface area contributed by atoms with Crippen LogP contribution in [0.1, 0.15) is 19.3 Å². The number of carbonyl (C=O) groups excluding carboxylic acids is 1. The van der Waals surface area contributed by atoms with E-state index in [1.54, 1.807) is 16.2 Å². The number of nitrogens with two attached hydrogens (primary N) is 1. The molecule has 1 amide bonds. The van der Waals surface area contributed by atoms with Crippen molar-refractivity contribution >= 4 is 16.9 Å². The second-order valence-electron chi connectivity index (χ2n) is 7.20. The monoisotopic (exact) mass is 328 g/mol. The number of amides is 1. The summed E-state index contributed by atoms with van der Waals surface area (Å²) < 4.78 is 3.34. The first-order chi connectivity index (χ1) is 11.6. The van der Waals surface area contributed by atoms with Gasteiger partial charge in [-0.05, 0) is 36.8 Å². The average Bonchev–Trinajstić information content (AvgIpc) is 3.22. The molecule has 1 aromatic carbocycles. The number of aromatic nitrogens is 2. The molecule has 3 unspecified atom stereocenters. The lowest BCUT2D eigenvalue weighted by Crippen LogP contribution is -2.34. The van der Waals surface area contributed by atoms with Crippen molar-refractivity contribution in [3.05, 3.63) is 34.7 Å². The van der Waals surface area contributed by atoms with Crippen molar-refractivity contribution in [3.8, 4) is 0 Å². The number of hydrogen-bond acceptors (Lipinski definition) is 3. The molecule has 3 atom stereocenters. The summed E-state index contributed by atoms with van der Waals surface area (Å²) in [4.78, 5) is 26.9. The molecule has 1 saturated heterocycles. The fourth-order valence-electron chi connectivity index (χ4n) is 4.46. The molecular formula is C18H24N4O2. The van der Waals surface area contributed by atoms with E-state index < -0.39 is 0 Å². The predicted octanol–water partition coefficient (Wildman–Crippen LogP) is 0.926. The van der Waals surface area contributed by atoms with E-state index in [9.17, 15) is 9.59 Å². The van der Waals surface area contributed by atoms with Crippen LogP contribution in [-0.4, -0.2) is 39.1 Å². The second kappa shape index (κ2) is 5.77. The van der Waals surface area contributed by atoms with Gasteiger partial charge < -0.3 is 10.6 Å². The molecule has 0 radical (unpaired) electrons. The summed E-state index contributed by atoms with van der Waals surface area (Å²) in [6, 6.07) is 7.94. The van der Waals surface area contributed by atoms with Gasteiger partial charge in [-0.3, -0.25) is 13.9 Å². The molecule has 2 fully saturated rings. The molecule has 6 nitrogen and oxygen atoms in total. The third-order valence-corrected chi connectivity index (χ3v) is 5.87. The number of nitrogens with zero attached hydrogens (tertiary/aromatic N) is 3. The first-order valence-corrected chi connectivity index (χ1v) is 8.74. The zero-order chi connectivity index (χ0) is 16.8. The van der Waals surface area contributed by atoms with Crippen molar-refractivity contribution in [1.29, 1.82) is 0 Å². The van der Waals surface area contributed by atoms with Crippen molar-refractivity contribution in [3.63, 3.8) is 0 Å². The fourth-order valence-corrected chi connectivity index (χ4v) is 4.46. The maximum atomic E-state index is 12.6. The number of rotatable bonds is 3. The van der Waals surface area contributed by atoms with E-state index in [1.807, 2.05) is 29.2 Å². The van der Waals surface area contributed by atoms with Crippen LogP contribution in [0.15, 0.2) is 29.1 Å². The van der Waals surface area contributed by atoms with Crippen molar-refractivity contribution in [1.82, 2.24) is 14.0 Å². The Labute approximate surface area is 140 Å². The van der Waals surface area contributed by atoms with Crippen molar-refractivity contribution in [2.45, 2.75) is 31.8 Å². The van der Waals surface area contributed by atoms with Gasteiger partial charge in [0.2, 0.25) is 5.91 Å². The van der Waals surface area contributed by atoms with Crippen LogP contribution in [-0.2, 0) is 18.4 Å². The topological polar surface area (TPSA) is 73.3 Å². The molecule has 128 valence electrons. The molecule has 2 aromatic rings. The smallest absolute Gasteiger partial charge is 0.328 e. The number of hydrogen-bond donors (Lipinski definition) is 1. The standard InChI is InChI=1S/C18H24N4O2/c1-20-15-4-2-3-5-16(15)22(18(20)24)9-8-17(23)21-10-12-6-7-14(19)13(12)11-21/h2-5,12-14H,6-11,19H2,1H3. The summed E-state index contributed by atoms with van der Waals surface area (Å²) in [5, 5.41) is 0. The number of imidazole rings is 1. The van der Waals surface area contributed by atoms with Gasteiger partial charge in [-0.2, -0.15) is 0 Å². The number of fused-ring (bicyclic) bond motifs is 2. The Hall–Kier alpha value is -2.08. The Morgan fingerprint density at radius 2 is 1.96 bits per heavy atom. The number of aryl methyl sites for hydroxylation is 2. The third-order valence-electron chi connectivity index (χ3n) is 5.87. The lowest BCUT2D eigenvalue weighted by Gasteiger charge is -2.18. The summed E-state index contributed by atoms with van der Waals surface area (Å²) >= 11 is 0. The summed E-state index contributed by atoms with van der Waals surface area (Å²) in [5.41, 5.74) is 7.87. The Morgan fingerprint density at radius 3 is 2.71 bits per heavy atom. The highest BCUT2D eigenvalue weighted by Gasteiger charge is 2.42. The van der Waals surface area contributed by atoms with E-state index in [-0.39, 0.29) is 17.6 Å². The second-order valence-corrected chi connectivity index (χ2v) is 7.20. The summed E-state index contributed by atoms with van der Waals surface area (Å²) in [6.07, 6.45) is 2.59. The molecule has 0 bridgehead atoms. The molecule has 24 heavy (non-hydrogen) atoms. The lowest BCUT2D eigenvalue weighted by atomic mass is 9.98. The van der Waals surface area contributed by atoms with Crippen LogP contribution in [0.5, 0.6) is 0 Å². The minimum Gasteiger partial charge on any atom is -0.342 e. The van der Waals surface area contributed by atoms with Crippen LogP contribution >= 0.6 is 0 Å². The van der Waals surface area contributed by atoms with Gasteiger partial charge in [0.25, 0.3) is 0 Å². The van der Waals surface area contributed by atoms with Crippen LogP contribution < -0.4 is 11.4 Å². The van der Waals surface area contributed by atoms with Gasteiger partial charge in [-0.25, -0.2) is 4.79 Å². The normalized spacial score (nSPS) is 26.2. The number of carbonyl (C=O) groups is 1. The highest BCUT2D eigenvalue weighted by atomic mass is 16.2. The molecule has 6 heteroatoms. The van der Waals surface area contributed by atoms with E-state index in [4.69, 9.17) is 5.73 Å². The Morgan fingerprint density at radius 1 is 1.21 bits per heavy atom. The van der Waals surface area contributed by atoms with E-state index in [2.05, 4.69) is 0 Å². The maximum Gasteiger partial charge on any atom is 0.328 e. The largest absolute Gasteiger partial charge is 0.342 e. The number of para-hydroxylation sites is 2. The Bertz CT molecular complexity index is 837. The molecule has 0 spiro atoms. The lowest BCUT2D eigenvalue weighted by molar-refractivity contribution is -0.130. The van der Waals surface area contributed by atoms with Crippen LogP contribution in [0.4, 0.5) is 0 Å². The molecule has 4 rings (SSSR count). The van der Waals surface area contributed by atoms with E-state index in [0.717, 1.165) is 37.0 Å². The minimum atomic E-state index is -0.0655. The van der Waals surface area contributed by atoms with Crippen molar-refractivity contribution in [2.24, 2.45) is 24.6 Å². The Kier molecular flexibility index (Phi) is 3.72. The van der Waals surface area contributed by atoms with Gasteiger partial charge >= 0.3 is 5.69 Å². The molecular weight excluding hydrogens is 304 g/mol. The van der Waals surface area contributed by atoms with Gasteiger partial charge in [0.05, 0.1) is 11.0 Å². The van der Waals surface area contributed by atoms with Gasteiger partial charge in [0.1, 0.15) is 0 Å². The van der Waals surface area contributed by atoms with Gasteiger partial charge in [-0.15, -0.1) is 0 Å². The fraction of sp³-hybridized carbons (Fsp3) is 0.556. The Balaban J connectivity index is 1.47.